The Balaban J connectivity index is 1.78. The van der Waals surface area contributed by atoms with Gasteiger partial charge in [-0.2, -0.15) is 5.10 Å². The topological polar surface area (TPSA) is 60.1 Å². The first kappa shape index (κ1) is 12.0. The molecular weight excluding hydrogens is 242 g/mol. The van der Waals surface area contributed by atoms with E-state index < -0.39 is 0 Å². The molecule has 19 heavy (non-hydrogen) atoms. The number of hydrogen-bond donors (Lipinski definition) is 1. The molecule has 3 rings (SSSR count). The molecule has 0 spiro atoms. The molecule has 1 aliphatic carbocycles. The number of nitrogens with one attached hydrogen (secondary N) is 1. The Morgan fingerprint density at radius 1 is 1.47 bits per heavy atom. The van der Waals surface area contributed by atoms with E-state index in [1.807, 2.05) is 12.1 Å². The van der Waals surface area contributed by atoms with Gasteiger partial charge in [0.15, 0.2) is 5.76 Å². The maximum absolute atomic E-state index is 12.2. The summed E-state index contributed by atoms with van der Waals surface area (Å²) in [5.41, 5.74) is 1.25. The van der Waals surface area contributed by atoms with Crippen molar-refractivity contribution >= 4 is 5.91 Å². The average Bonchev–Trinajstić information content (AvgIpc) is 3.07. The molecule has 0 atom stereocenters. The van der Waals surface area contributed by atoms with Gasteiger partial charge in [-0.1, -0.05) is 12.8 Å². The molecule has 2 heterocycles. The summed E-state index contributed by atoms with van der Waals surface area (Å²) in [5.74, 6) is 0.621. The maximum Gasteiger partial charge on any atom is 0.269 e. The molecule has 0 saturated heterocycles. The molecular formula is C14H17N3O2. The molecule has 5 nitrogen and oxygen atoms in total. The largest absolute Gasteiger partial charge is 0.463 e. The van der Waals surface area contributed by atoms with Gasteiger partial charge in [-0.25, -0.2) is 0 Å². The van der Waals surface area contributed by atoms with Crippen molar-refractivity contribution in [2.24, 2.45) is 7.05 Å². The molecule has 0 aromatic carbocycles. The van der Waals surface area contributed by atoms with Crippen molar-refractivity contribution in [2.45, 2.75) is 31.7 Å². The number of nitrogens with zero attached hydrogens (tertiary/aromatic N) is 2. The van der Waals surface area contributed by atoms with Crippen LogP contribution in [-0.4, -0.2) is 21.7 Å². The Labute approximate surface area is 111 Å². The van der Waals surface area contributed by atoms with E-state index in [0.29, 0.717) is 23.2 Å². The van der Waals surface area contributed by atoms with E-state index >= 15 is 0 Å². The highest BCUT2D eigenvalue weighted by Crippen LogP contribution is 2.21. The van der Waals surface area contributed by atoms with Crippen molar-refractivity contribution in [1.29, 1.82) is 0 Å². The standard InChI is InChI=1S/C14H17N3O2/c1-17-12(14(18)15-10-5-2-3-6-10)9-11(16-17)13-7-4-8-19-13/h4,7-10H,2-3,5-6H2,1H3,(H,15,18). The van der Waals surface area contributed by atoms with Crippen molar-refractivity contribution < 1.29 is 9.21 Å². The van der Waals surface area contributed by atoms with Gasteiger partial charge < -0.3 is 9.73 Å². The van der Waals surface area contributed by atoms with Gasteiger partial charge in [-0.3, -0.25) is 9.48 Å². The van der Waals surface area contributed by atoms with E-state index in [-0.39, 0.29) is 5.91 Å². The molecule has 1 N–H and O–H groups in total. The number of carbonyl (C=O) groups excluding carboxylic acids is 1. The summed E-state index contributed by atoms with van der Waals surface area (Å²) in [5, 5.41) is 7.38. The zero-order chi connectivity index (χ0) is 13.2. The summed E-state index contributed by atoms with van der Waals surface area (Å²) in [6.45, 7) is 0. The Kier molecular flexibility index (Phi) is 3.11. The molecule has 1 aliphatic rings. The van der Waals surface area contributed by atoms with E-state index in [1.165, 1.54) is 12.8 Å². The highest BCUT2D eigenvalue weighted by molar-refractivity contribution is 5.93. The molecule has 0 bridgehead atoms. The maximum atomic E-state index is 12.2. The number of aromatic nitrogens is 2. The lowest BCUT2D eigenvalue weighted by Gasteiger charge is -2.11. The average molecular weight is 259 g/mol. The normalized spacial score (nSPS) is 15.8. The van der Waals surface area contributed by atoms with Crippen LogP contribution in [0.25, 0.3) is 11.5 Å². The zero-order valence-corrected chi connectivity index (χ0v) is 10.9. The van der Waals surface area contributed by atoms with Gasteiger partial charge in [-0.05, 0) is 25.0 Å². The lowest BCUT2D eigenvalue weighted by molar-refractivity contribution is 0.0928. The van der Waals surface area contributed by atoms with Gasteiger partial charge in [0, 0.05) is 19.2 Å². The molecule has 5 heteroatoms. The first-order valence-electron chi connectivity index (χ1n) is 6.63. The fourth-order valence-electron chi connectivity index (χ4n) is 2.55. The minimum atomic E-state index is -0.0558. The minimum absolute atomic E-state index is 0.0558. The van der Waals surface area contributed by atoms with Crippen LogP contribution < -0.4 is 5.32 Å². The summed E-state index contributed by atoms with van der Waals surface area (Å²) in [4.78, 5) is 12.2. The van der Waals surface area contributed by atoms with Crippen molar-refractivity contribution in [3.8, 4) is 11.5 Å². The summed E-state index contributed by atoms with van der Waals surface area (Å²) in [6, 6.07) is 5.72. The Hall–Kier alpha value is -2.04. The van der Waals surface area contributed by atoms with E-state index in [0.717, 1.165) is 12.8 Å². The van der Waals surface area contributed by atoms with Crippen molar-refractivity contribution in [2.75, 3.05) is 0 Å². The van der Waals surface area contributed by atoms with Crippen LogP contribution in [0.4, 0.5) is 0 Å². The van der Waals surface area contributed by atoms with Crippen LogP contribution in [0.2, 0.25) is 0 Å². The van der Waals surface area contributed by atoms with E-state index in [1.54, 1.807) is 24.1 Å². The summed E-state index contributed by atoms with van der Waals surface area (Å²) in [7, 11) is 1.77. The van der Waals surface area contributed by atoms with Gasteiger partial charge in [0.2, 0.25) is 0 Å². The van der Waals surface area contributed by atoms with Gasteiger partial charge in [0.05, 0.1) is 6.26 Å². The Bertz CT molecular complexity index is 566. The van der Waals surface area contributed by atoms with Crippen LogP contribution in [0.1, 0.15) is 36.2 Å². The second-order valence-electron chi connectivity index (χ2n) is 4.97. The van der Waals surface area contributed by atoms with E-state index in [4.69, 9.17) is 4.42 Å². The summed E-state index contributed by atoms with van der Waals surface area (Å²) >= 11 is 0. The lowest BCUT2D eigenvalue weighted by Crippen LogP contribution is -2.33. The van der Waals surface area contributed by atoms with Crippen molar-refractivity contribution in [1.82, 2.24) is 15.1 Å². The van der Waals surface area contributed by atoms with Crippen LogP contribution in [0.15, 0.2) is 28.9 Å². The van der Waals surface area contributed by atoms with Crippen LogP contribution in [-0.2, 0) is 7.05 Å². The molecule has 0 aliphatic heterocycles. The monoisotopic (exact) mass is 259 g/mol. The van der Waals surface area contributed by atoms with Gasteiger partial charge >= 0.3 is 0 Å². The SMILES string of the molecule is Cn1nc(-c2ccco2)cc1C(=O)NC1CCCC1. The first-order valence-corrected chi connectivity index (χ1v) is 6.63. The minimum Gasteiger partial charge on any atom is -0.463 e. The highest BCUT2D eigenvalue weighted by Gasteiger charge is 2.21. The summed E-state index contributed by atoms with van der Waals surface area (Å²) in [6.07, 6.45) is 6.16. The second-order valence-corrected chi connectivity index (χ2v) is 4.97. The number of carbonyl (C=O) groups is 1. The molecule has 1 fully saturated rings. The number of aryl methyl sites for hydroxylation is 1. The quantitative estimate of drug-likeness (QED) is 0.920. The van der Waals surface area contributed by atoms with E-state index in [2.05, 4.69) is 10.4 Å². The number of furan rings is 1. The van der Waals surface area contributed by atoms with Crippen molar-refractivity contribution in [3.63, 3.8) is 0 Å². The highest BCUT2D eigenvalue weighted by atomic mass is 16.3. The number of rotatable bonds is 3. The molecule has 1 amide bonds. The number of amides is 1. The third-order valence-electron chi connectivity index (χ3n) is 3.58. The lowest BCUT2D eigenvalue weighted by atomic mass is 10.2. The fourth-order valence-corrected chi connectivity index (χ4v) is 2.55. The Morgan fingerprint density at radius 2 is 2.26 bits per heavy atom. The number of hydrogen-bond acceptors (Lipinski definition) is 3. The van der Waals surface area contributed by atoms with Crippen LogP contribution >= 0.6 is 0 Å². The van der Waals surface area contributed by atoms with Gasteiger partial charge in [0.25, 0.3) is 5.91 Å². The third kappa shape index (κ3) is 2.41. The fraction of sp³-hybridized carbons (Fsp3) is 0.429. The predicted octanol–water partition coefficient (Wildman–Crippen LogP) is 2.35. The first-order chi connectivity index (χ1) is 9.24. The second kappa shape index (κ2) is 4.91. The molecule has 2 aromatic rings. The third-order valence-corrected chi connectivity index (χ3v) is 3.58. The smallest absolute Gasteiger partial charge is 0.269 e. The molecule has 0 unspecified atom stereocenters. The zero-order valence-electron chi connectivity index (χ0n) is 10.9. The van der Waals surface area contributed by atoms with Crippen LogP contribution in [0.5, 0.6) is 0 Å². The predicted molar refractivity (Wildman–Crippen MR) is 70.6 cm³/mol. The Morgan fingerprint density at radius 3 is 2.95 bits per heavy atom. The van der Waals surface area contributed by atoms with Crippen LogP contribution in [0.3, 0.4) is 0 Å². The molecule has 2 aromatic heterocycles. The molecule has 0 radical (unpaired) electrons. The van der Waals surface area contributed by atoms with E-state index in [9.17, 15) is 4.79 Å². The van der Waals surface area contributed by atoms with Crippen LogP contribution in [0, 0.1) is 0 Å². The van der Waals surface area contributed by atoms with Gasteiger partial charge in [0.1, 0.15) is 11.4 Å². The summed E-state index contributed by atoms with van der Waals surface area (Å²) < 4.78 is 6.89. The van der Waals surface area contributed by atoms with Crippen molar-refractivity contribution in [3.05, 3.63) is 30.2 Å². The molecule has 1 saturated carbocycles. The van der Waals surface area contributed by atoms with Gasteiger partial charge in [-0.15, -0.1) is 0 Å². The molecule has 100 valence electrons.